The van der Waals surface area contributed by atoms with Crippen LogP contribution in [0.4, 0.5) is 4.79 Å². The van der Waals surface area contributed by atoms with Crippen molar-refractivity contribution in [3.8, 4) is 17.2 Å². The lowest BCUT2D eigenvalue weighted by atomic mass is 9.82. The van der Waals surface area contributed by atoms with Crippen molar-refractivity contribution in [3.05, 3.63) is 89.5 Å². The number of methoxy groups -OCH3 is 3. The van der Waals surface area contributed by atoms with Crippen LogP contribution in [0.5, 0.6) is 17.2 Å². The standard InChI is InChI=1S/C26H24N2O6/c1-32-19-12-8-17(9-13-19)26(18-10-14-20(33-2)15-11-18)24(30)28(25(31)27-26)16-22(29)21-6-4-5-7-23(21)34-3/h4-15H,16H2,1-3H3,(H,27,31). The Hall–Kier alpha value is -4.33. The maximum absolute atomic E-state index is 13.9. The minimum atomic E-state index is -1.52. The van der Waals surface area contributed by atoms with Crippen LogP contribution in [0.15, 0.2) is 72.8 Å². The number of carbonyl (C=O) groups excluding carboxylic acids is 3. The molecule has 0 aliphatic carbocycles. The van der Waals surface area contributed by atoms with Gasteiger partial charge < -0.3 is 19.5 Å². The molecule has 3 amide bonds. The molecule has 0 aromatic heterocycles. The zero-order chi connectivity index (χ0) is 24.3. The Morgan fingerprint density at radius 1 is 0.794 bits per heavy atom. The minimum absolute atomic E-state index is 0.289. The normalized spacial score (nSPS) is 14.5. The molecule has 1 N–H and O–H groups in total. The van der Waals surface area contributed by atoms with Gasteiger partial charge >= 0.3 is 6.03 Å². The summed E-state index contributed by atoms with van der Waals surface area (Å²) in [4.78, 5) is 40.9. The van der Waals surface area contributed by atoms with Crippen molar-refractivity contribution in [1.82, 2.24) is 10.2 Å². The van der Waals surface area contributed by atoms with Gasteiger partial charge in [0, 0.05) is 0 Å². The van der Waals surface area contributed by atoms with E-state index in [0.717, 1.165) is 4.90 Å². The van der Waals surface area contributed by atoms with Crippen molar-refractivity contribution >= 4 is 17.7 Å². The first kappa shape index (κ1) is 22.8. The second-order valence-electron chi connectivity index (χ2n) is 7.65. The molecule has 1 fully saturated rings. The Kier molecular flexibility index (Phi) is 6.23. The van der Waals surface area contributed by atoms with Crippen molar-refractivity contribution in [2.45, 2.75) is 5.54 Å². The predicted molar refractivity (Wildman–Crippen MR) is 124 cm³/mol. The fourth-order valence-electron chi connectivity index (χ4n) is 4.06. The Morgan fingerprint density at radius 3 is 1.82 bits per heavy atom. The summed E-state index contributed by atoms with van der Waals surface area (Å²) >= 11 is 0. The summed E-state index contributed by atoms with van der Waals surface area (Å²) in [7, 11) is 4.54. The molecule has 174 valence electrons. The summed E-state index contributed by atoms with van der Waals surface area (Å²) in [5, 5.41) is 2.83. The van der Waals surface area contributed by atoms with Crippen LogP contribution in [0.2, 0.25) is 0 Å². The fraction of sp³-hybridized carbons (Fsp3) is 0.192. The molecule has 0 saturated carbocycles. The average Bonchev–Trinajstić information content (AvgIpc) is 3.14. The van der Waals surface area contributed by atoms with Crippen LogP contribution < -0.4 is 19.5 Å². The SMILES string of the molecule is COc1ccc(C2(c3ccc(OC)cc3)NC(=O)N(CC(=O)c3ccccc3OC)C2=O)cc1. The van der Waals surface area contributed by atoms with Gasteiger partial charge in [0.15, 0.2) is 11.3 Å². The van der Waals surface area contributed by atoms with Crippen molar-refractivity contribution in [2.24, 2.45) is 0 Å². The second kappa shape index (κ2) is 9.27. The van der Waals surface area contributed by atoms with Crippen LogP contribution in [0, 0.1) is 0 Å². The molecule has 0 unspecified atom stereocenters. The fourth-order valence-corrected chi connectivity index (χ4v) is 4.06. The van der Waals surface area contributed by atoms with Gasteiger partial charge in [0.1, 0.15) is 17.2 Å². The van der Waals surface area contributed by atoms with Gasteiger partial charge in [-0.3, -0.25) is 14.5 Å². The smallest absolute Gasteiger partial charge is 0.325 e. The number of Topliss-reactive ketones (excluding diaryl/α,β-unsaturated/α-hetero) is 1. The third-order valence-electron chi connectivity index (χ3n) is 5.86. The highest BCUT2D eigenvalue weighted by Crippen LogP contribution is 2.37. The van der Waals surface area contributed by atoms with Gasteiger partial charge in [0.2, 0.25) is 0 Å². The first-order valence-corrected chi connectivity index (χ1v) is 10.5. The van der Waals surface area contributed by atoms with E-state index < -0.39 is 29.8 Å². The van der Waals surface area contributed by atoms with E-state index in [2.05, 4.69) is 5.32 Å². The molecule has 34 heavy (non-hydrogen) atoms. The number of para-hydroxylation sites is 1. The van der Waals surface area contributed by atoms with Crippen LogP contribution in [-0.2, 0) is 10.3 Å². The number of nitrogens with one attached hydrogen (secondary N) is 1. The number of amides is 3. The van der Waals surface area contributed by atoms with E-state index in [9.17, 15) is 14.4 Å². The zero-order valence-electron chi connectivity index (χ0n) is 19.0. The third kappa shape index (κ3) is 3.83. The highest BCUT2D eigenvalue weighted by Gasteiger charge is 2.54. The molecule has 4 rings (SSSR count). The first-order chi connectivity index (χ1) is 16.4. The van der Waals surface area contributed by atoms with Crippen molar-refractivity contribution in [1.29, 1.82) is 0 Å². The molecule has 1 saturated heterocycles. The highest BCUT2D eigenvalue weighted by atomic mass is 16.5. The van der Waals surface area contributed by atoms with E-state index in [1.165, 1.54) is 7.11 Å². The molecule has 3 aromatic carbocycles. The highest BCUT2D eigenvalue weighted by molar-refractivity contribution is 6.13. The molecule has 0 atom stereocenters. The average molecular weight is 460 g/mol. The van der Waals surface area contributed by atoms with Crippen molar-refractivity contribution < 1.29 is 28.6 Å². The lowest BCUT2D eigenvalue weighted by Gasteiger charge is -2.28. The summed E-state index contributed by atoms with van der Waals surface area (Å²) in [6.45, 7) is -0.431. The number of rotatable bonds is 8. The van der Waals surface area contributed by atoms with Crippen LogP contribution in [0.3, 0.4) is 0 Å². The topological polar surface area (TPSA) is 94.2 Å². The number of urea groups is 1. The van der Waals surface area contributed by atoms with Crippen molar-refractivity contribution in [2.75, 3.05) is 27.9 Å². The number of ketones is 1. The Bertz CT molecular complexity index is 1170. The molecule has 0 spiro atoms. The minimum Gasteiger partial charge on any atom is -0.497 e. The van der Waals surface area contributed by atoms with Crippen LogP contribution >= 0.6 is 0 Å². The number of hydrogen-bond donors (Lipinski definition) is 1. The van der Waals surface area contributed by atoms with E-state index in [1.54, 1.807) is 87.0 Å². The summed E-state index contributed by atoms with van der Waals surface area (Å²) in [6.07, 6.45) is 0. The molecule has 1 heterocycles. The number of carbonyl (C=O) groups is 3. The maximum Gasteiger partial charge on any atom is 0.325 e. The molecule has 8 heteroatoms. The number of benzene rings is 3. The predicted octanol–water partition coefficient (Wildman–Crippen LogP) is 3.39. The zero-order valence-corrected chi connectivity index (χ0v) is 19.0. The van der Waals surface area contributed by atoms with Gasteiger partial charge in [-0.25, -0.2) is 4.79 Å². The molecular weight excluding hydrogens is 436 g/mol. The van der Waals surface area contributed by atoms with Gasteiger partial charge in [0.25, 0.3) is 5.91 Å². The van der Waals surface area contributed by atoms with Gasteiger partial charge in [-0.05, 0) is 47.5 Å². The van der Waals surface area contributed by atoms with E-state index in [0.29, 0.717) is 28.4 Å². The van der Waals surface area contributed by atoms with Crippen LogP contribution in [0.25, 0.3) is 0 Å². The lowest BCUT2D eigenvalue weighted by molar-refractivity contribution is -0.129. The van der Waals surface area contributed by atoms with E-state index in [1.807, 2.05) is 0 Å². The van der Waals surface area contributed by atoms with Gasteiger partial charge in [-0.1, -0.05) is 36.4 Å². The van der Waals surface area contributed by atoms with E-state index in [-0.39, 0.29) is 5.56 Å². The largest absolute Gasteiger partial charge is 0.497 e. The van der Waals surface area contributed by atoms with Crippen molar-refractivity contribution in [3.63, 3.8) is 0 Å². The summed E-state index contributed by atoms with van der Waals surface area (Å²) in [5.74, 6) is 0.607. The number of imide groups is 1. The van der Waals surface area contributed by atoms with Crippen LogP contribution in [-0.4, -0.2) is 50.5 Å². The molecule has 0 bridgehead atoms. The number of ether oxygens (including phenoxy) is 3. The van der Waals surface area contributed by atoms with E-state index in [4.69, 9.17) is 14.2 Å². The van der Waals surface area contributed by atoms with Gasteiger partial charge in [0.05, 0.1) is 33.4 Å². The molecule has 0 radical (unpaired) electrons. The summed E-state index contributed by atoms with van der Waals surface area (Å²) < 4.78 is 15.7. The number of hydrogen-bond acceptors (Lipinski definition) is 6. The quantitative estimate of drug-likeness (QED) is 0.409. The van der Waals surface area contributed by atoms with Gasteiger partial charge in [-0.2, -0.15) is 0 Å². The molecule has 1 aliphatic heterocycles. The lowest BCUT2D eigenvalue weighted by Crippen LogP contribution is -2.45. The molecule has 1 aliphatic rings. The van der Waals surface area contributed by atoms with Crippen LogP contribution in [0.1, 0.15) is 21.5 Å². The second-order valence-corrected chi connectivity index (χ2v) is 7.65. The summed E-state index contributed by atoms with van der Waals surface area (Å²) in [5.41, 5.74) is -0.165. The molecule has 8 nitrogen and oxygen atoms in total. The molecular formula is C26H24N2O6. The Balaban J connectivity index is 1.75. The Labute approximate surface area is 197 Å². The maximum atomic E-state index is 13.9. The van der Waals surface area contributed by atoms with E-state index >= 15 is 0 Å². The first-order valence-electron chi connectivity index (χ1n) is 10.5. The third-order valence-corrected chi connectivity index (χ3v) is 5.86. The molecule has 3 aromatic rings. The monoisotopic (exact) mass is 460 g/mol. The van der Waals surface area contributed by atoms with Gasteiger partial charge in [-0.15, -0.1) is 0 Å². The Morgan fingerprint density at radius 2 is 1.32 bits per heavy atom. The number of nitrogens with zero attached hydrogens (tertiary/aromatic N) is 1. The summed E-state index contributed by atoms with van der Waals surface area (Å²) in [6, 6.07) is 19.7.